The first kappa shape index (κ1) is 13.4. The van der Waals surface area contributed by atoms with Crippen molar-refractivity contribution in [1.82, 2.24) is 0 Å². The van der Waals surface area contributed by atoms with Crippen LogP contribution in [-0.2, 0) is 6.54 Å². The number of nitrogen functional groups attached to an aromatic ring is 1. The fourth-order valence-electron chi connectivity index (χ4n) is 2.24. The lowest BCUT2D eigenvalue weighted by atomic mass is 10.2. The molecule has 1 aliphatic heterocycles. The van der Waals surface area contributed by atoms with E-state index in [0.717, 1.165) is 22.7 Å². The quantitative estimate of drug-likeness (QED) is 0.846. The summed E-state index contributed by atoms with van der Waals surface area (Å²) in [6, 6.07) is 11.6. The van der Waals surface area contributed by atoms with Gasteiger partial charge in [0.05, 0.1) is 18.5 Å². The van der Waals surface area contributed by atoms with E-state index >= 15 is 0 Å². The maximum Gasteiger partial charge on any atom is 0.163 e. The molecule has 3 rings (SSSR count). The van der Waals surface area contributed by atoms with Crippen molar-refractivity contribution in [3.05, 3.63) is 42.0 Å². The van der Waals surface area contributed by atoms with Gasteiger partial charge in [0.1, 0.15) is 19.0 Å². The van der Waals surface area contributed by atoms with E-state index in [9.17, 15) is 0 Å². The van der Waals surface area contributed by atoms with Gasteiger partial charge in [0.15, 0.2) is 11.5 Å². The van der Waals surface area contributed by atoms with Gasteiger partial charge in [-0.1, -0.05) is 12.1 Å². The van der Waals surface area contributed by atoms with Crippen molar-refractivity contribution in [3.8, 4) is 17.2 Å². The molecule has 3 N–H and O–H groups in total. The molecule has 21 heavy (non-hydrogen) atoms. The van der Waals surface area contributed by atoms with Crippen molar-refractivity contribution >= 4 is 11.4 Å². The summed E-state index contributed by atoms with van der Waals surface area (Å²) in [6.45, 7) is 1.77. The molecule has 110 valence electrons. The highest BCUT2D eigenvalue weighted by Crippen LogP contribution is 2.37. The van der Waals surface area contributed by atoms with Gasteiger partial charge in [-0.2, -0.15) is 0 Å². The second-order valence-electron chi connectivity index (χ2n) is 4.79. The standard InChI is InChI=1S/C16H18N2O3/c1-19-12-4-2-3-11(7-12)10-18-14-9-16-15(8-13(14)17)20-5-6-21-16/h2-4,7-9,18H,5-6,10,17H2,1H3. The van der Waals surface area contributed by atoms with Crippen LogP contribution in [0.4, 0.5) is 11.4 Å². The molecule has 0 saturated carbocycles. The normalized spacial score (nSPS) is 12.8. The molecule has 1 heterocycles. The SMILES string of the molecule is COc1cccc(CNc2cc3c(cc2N)OCCO3)c1. The lowest BCUT2D eigenvalue weighted by molar-refractivity contribution is 0.172. The second kappa shape index (κ2) is 5.83. The maximum absolute atomic E-state index is 6.04. The van der Waals surface area contributed by atoms with Crippen molar-refractivity contribution in [2.45, 2.75) is 6.54 Å². The second-order valence-corrected chi connectivity index (χ2v) is 4.79. The highest BCUT2D eigenvalue weighted by molar-refractivity contribution is 5.72. The van der Waals surface area contributed by atoms with E-state index in [4.69, 9.17) is 19.9 Å². The van der Waals surface area contributed by atoms with Crippen molar-refractivity contribution < 1.29 is 14.2 Å². The molecule has 0 radical (unpaired) electrons. The van der Waals surface area contributed by atoms with Crippen LogP contribution in [0.15, 0.2) is 36.4 Å². The lowest BCUT2D eigenvalue weighted by Crippen LogP contribution is -2.16. The minimum Gasteiger partial charge on any atom is -0.497 e. The van der Waals surface area contributed by atoms with E-state index in [1.54, 1.807) is 13.2 Å². The highest BCUT2D eigenvalue weighted by atomic mass is 16.6. The van der Waals surface area contributed by atoms with Crippen LogP contribution in [0, 0.1) is 0 Å². The molecule has 2 aromatic carbocycles. The number of ether oxygens (including phenoxy) is 3. The van der Waals surface area contributed by atoms with Crippen LogP contribution in [0.25, 0.3) is 0 Å². The number of hydrogen-bond donors (Lipinski definition) is 2. The molecule has 5 nitrogen and oxygen atoms in total. The van der Waals surface area contributed by atoms with Gasteiger partial charge in [0, 0.05) is 18.7 Å². The van der Waals surface area contributed by atoms with Gasteiger partial charge < -0.3 is 25.3 Å². The summed E-state index contributed by atoms with van der Waals surface area (Å²) in [7, 11) is 1.66. The Morgan fingerprint density at radius 3 is 2.67 bits per heavy atom. The van der Waals surface area contributed by atoms with E-state index in [2.05, 4.69) is 5.32 Å². The fraction of sp³-hybridized carbons (Fsp3) is 0.250. The monoisotopic (exact) mass is 286 g/mol. The van der Waals surface area contributed by atoms with E-state index < -0.39 is 0 Å². The summed E-state index contributed by atoms with van der Waals surface area (Å²) in [6.07, 6.45) is 0. The number of hydrogen-bond acceptors (Lipinski definition) is 5. The zero-order chi connectivity index (χ0) is 14.7. The van der Waals surface area contributed by atoms with E-state index in [1.165, 1.54) is 0 Å². The molecule has 0 aliphatic carbocycles. The number of methoxy groups -OCH3 is 1. The Morgan fingerprint density at radius 1 is 1.14 bits per heavy atom. The van der Waals surface area contributed by atoms with E-state index in [0.29, 0.717) is 31.2 Å². The molecular formula is C16H18N2O3. The Bertz CT molecular complexity index is 643. The van der Waals surface area contributed by atoms with Crippen molar-refractivity contribution in [1.29, 1.82) is 0 Å². The van der Waals surface area contributed by atoms with Crippen molar-refractivity contribution in [2.24, 2.45) is 0 Å². The van der Waals surface area contributed by atoms with Crippen LogP contribution in [0.2, 0.25) is 0 Å². The summed E-state index contributed by atoms with van der Waals surface area (Å²) in [5.74, 6) is 2.26. The predicted molar refractivity (Wildman–Crippen MR) is 82.2 cm³/mol. The molecule has 1 aliphatic rings. The molecular weight excluding hydrogens is 268 g/mol. The summed E-state index contributed by atoms with van der Waals surface area (Å²) < 4.78 is 16.3. The zero-order valence-corrected chi connectivity index (χ0v) is 11.9. The predicted octanol–water partition coefficient (Wildman–Crippen LogP) is 2.66. The first-order valence-corrected chi connectivity index (χ1v) is 6.82. The maximum atomic E-state index is 6.04. The van der Waals surface area contributed by atoms with Crippen LogP contribution in [0.3, 0.4) is 0 Å². The largest absolute Gasteiger partial charge is 0.497 e. The average molecular weight is 286 g/mol. The lowest BCUT2D eigenvalue weighted by Gasteiger charge is -2.20. The number of fused-ring (bicyclic) bond motifs is 1. The highest BCUT2D eigenvalue weighted by Gasteiger charge is 2.14. The van der Waals surface area contributed by atoms with E-state index in [1.807, 2.05) is 30.3 Å². The van der Waals surface area contributed by atoms with Crippen molar-refractivity contribution in [3.63, 3.8) is 0 Å². The Morgan fingerprint density at radius 2 is 1.90 bits per heavy atom. The first-order chi connectivity index (χ1) is 10.3. The van der Waals surface area contributed by atoms with Crippen molar-refractivity contribution in [2.75, 3.05) is 31.4 Å². The smallest absolute Gasteiger partial charge is 0.163 e. The topological polar surface area (TPSA) is 65.7 Å². The molecule has 0 spiro atoms. The van der Waals surface area contributed by atoms with Gasteiger partial charge in [-0.05, 0) is 17.7 Å². The molecule has 5 heteroatoms. The third-order valence-electron chi connectivity index (χ3n) is 3.33. The van der Waals surface area contributed by atoms with Crippen LogP contribution < -0.4 is 25.3 Å². The van der Waals surface area contributed by atoms with Crippen LogP contribution >= 0.6 is 0 Å². The number of nitrogens with one attached hydrogen (secondary N) is 1. The van der Waals surface area contributed by atoms with Gasteiger partial charge in [-0.15, -0.1) is 0 Å². The van der Waals surface area contributed by atoms with Crippen LogP contribution in [0.5, 0.6) is 17.2 Å². The third-order valence-corrected chi connectivity index (χ3v) is 3.33. The third kappa shape index (κ3) is 2.97. The summed E-state index contributed by atoms with van der Waals surface area (Å²) in [5.41, 5.74) is 8.63. The molecule has 0 aromatic heterocycles. The van der Waals surface area contributed by atoms with E-state index in [-0.39, 0.29) is 0 Å². The molecule has 2 aromatic rings. The Kier molecular flexibility index (Phi) is 3.73. The molecule has 0 saturated heterocycles. The molecule has 0 amide bonds. The first-order valence-electron chi connectivity index (χ1n) is 6.82. The van der Waals surface area contributed by atoms with Gasteiger partial charge in [0.25, 0.3) is 0 Å². The molecule has 0 unspecified atom stereocenters. The molecule has 0 atom stereocenters. The Balaban J connectivity index is 1.75. The number of nitrogens with two attached hydrogens (primary N) is 1. The summed E-state index contributed by atoms with van der Waals surface area (Å²) >= 11 is 0. The van der Waals surface area contributed by atoms with Crippen LogP contribution in [0.1, 0.15) is 5.56 Å². The van der Waals surface area contributed by atoms with Gasteiger partial charge in [0.2, 0.25) is 0 Å². The Hall–Kier alpha value is -2.56. The number of benzene rings is 2. The number of anilines is 2. The fourth-order valence-corrected chi connectivity index (χ4v) is 2.24. The Labute approximate surface area is 123 Å². The minimum absolute atomic E-state index is 0.559. The number of rotatable bonds is 4. The van der Waals surface area contributed by atoms with Gasteiger partial charge in [-0.25, -0.2) is 0 Å². The minimum atomic E-state index is 0.559. The molecule has 0 bridgehead atoms. The van der Waals surface area contributed by atoms with Gasteiger partial charge in [-0.3, -0.25) is 0 Å². The zero-order valence-electron chi connectivity index (χ0n) is 11.9. The van der Waals surface area contributed by atoms with Crippen LogP contribution in [-0.4, -0.2) is 20.3 Å². The molecule has 0 fully saturated rings. The summed E-state index contributed by atoms with van der Waals surface area (Å²) in [5, 5.41) is 3.31. The summed E-state index contributed by atoms with van der Waals surface area (Å²) in [4.78, 5) is 0. The van der Waals surface area contributed by atoms with Gasteiger partial charge >= 0.3 is 0 Å². The average Bonchev–Trinajstić information content (AvgIpc) is 2.53.